The van der Waals surface area contributed by atoms with Crippen LogP contribution in [0.25, 0.3) is 11.1 Å². The van der Waals surface area contributed by atoms with Crippen LogP contribution in [0.3, 0.4) is 0 Å². The maximum atomic E-state index is 13.8. The molecular formula is C48H49N3O7. The Morgan fingerprint density at radius 2 is 1.45 bits per heavy atom. The molecule has 0 atom stereocenters. The number of aliphatic hydroxyl groups is 1. The number of allylic oxidation sites excluding steroid dienone is 2. The van der Waals surface area contributed by atoms with Gasteiger partial charge in [-0.05, 0) is 51.4 Å². The van der Waals surface area contributed by atoms with Crippen LogP contribution in [0.1, 0.15) is 73.3 Å². The number of ether oxygens (including phenoxy) is 3. The molecule has 0 fully saturated rings. The predicted octanol–water partition coefficient (Wildman–Crippen LogP) is 7.93. The highest BCUT2D eigenvalue weighted by Gasteiger charge is 2.35. The third-order valence-corrected chi connectivity index (χ3v) is 10.7. The molecule has 2 N–H and O–H groups in total. The molecule has 4 aromatic carbocycles. The van der Waals surface area contributed by atoms with E-state index in [-0.39, 0.29) is 93.1 Å². The van der Waals surface area contributed by atoms with Crippen LogP contribution in [-0.4, -0.2) is 74.7 Å². The van der Waals surface area contributed by atoms with Gasteiger partial charge in [0.2, 0.25) is 5.91 Å². The van der Waals surface area contributed by atoms with Crippen LogP contribution >= 0.6 is 0 Å². The number of rotatable bonds is 15. The SMILES string of the molecule is CC1(C)CC(=O)C(C(CCOCCOCCNC(=O)OCC2c3ccccc3-c3ccccc32)=NCCC(=O)N2Cc3ccccc3C#Cc3ccccc32)=C(O)C1. The van der Waals surface area contributed by atoms with E-state index in [0.29, 0.717) is 25.3 Å². The molecule has 10 nitrogen and oxygen atoms in total. The molecule has 58 heavy (non-hydrogen) atoms. The van der Waals surface area contributed by atoms with Crippen molar-refractivity contribution in [2.45, 2.75) is 52.0 Å². The predicted molar refractivity (Wildman–Crippen MR) is 224 cm³/mol. The Morgan fingerprint density at radius 1 is 0.810 bits per heavy atom. The van der Waals surface area contributed by atoms with Crippen molar-refractivity contribution < 1.29 is 33.7 Å². The number of nitrogens with one attached hydrogen (secondary N) is 1. The molecule has 2 amide bonds. The monoisotopic (exact) mass is 779 g/mol. The van der Waals surface area contributed by atoms with Crippen LogP contribution in [0.5, 0.6) is 0 Å². The number of hydrogen-bond acceptors (Lipinski definition) is 8. The second-order valence-corrected chi connectivity index (χ2v) is 15.5. The topological polar surface area (TPSA) is 127 Å². The summed E-state index contributed by atoms with van der Waals surface area (Å²) < 4.78 is 17.1. The minimum atomic E-state index is -0.500. The first-order chi connectivity index (χ1) is 28.2. The first kappa shape index (κ1) is 40.2. The minimum Gasteiger partial charge on any atom is -0.511 e. The summed E-state index contributed by atoms with van der Waals surface area (Å²) in [6, 6.07) is 31.8. The van der Waals surface area contributed by atoms with E-state index < -0.39 is 6.09 Å². The minimum absolute atomic E-state index is 0.00978. The highest BCUT2D eigenvalue weighted by molar-refractivity contribution is 6.23. The Hall–Kier alpha value is -6.02. The molecule has 2 aliphatic carbocycles. The summed E-state index contributed by atoms with van der Waals surface area (Å²) in [6.45, 7) is 6.01. The number of alkyl carbamates (subject to hydrolysis) is 1. The van der Waals surface area contributed by atoms with Gasteiger partial charge >= 0.3 is 6.09 Å². The normalized spacial score (nSPS) is 15.6. The Labute approximate surface area is 339 Å². The maximum absolute atomic E-state index is 13.8. The van der Waals surface area contributed by atoms with Gasteiger partial charge in [0.25, 0.3) is 0 Å². The maximum Gasteiger partial charge on any atom is 0.407 e. The van der Waals surface area contributed by atoms with Gasteiger partial charge in [-0.1, -0.05) is 105 Å². The van der Waals surface area contributed by atoms with Gasteiger partial charge in [-0.15, -0.1) is 0 Å². The lowest BCUT2D eigenvalue weighted by Crippen LogP contribution is -2.32. The van der Waals surface area contributed by atoms with E-state index in [2.05, 4.69) is 41.4 Å². The number of carbonyl (C=O) groups is 3. The van der Waals surface area contributed by atoms with E-state index in [9.17, 15) is 19.5 Å². The van der Waals surface area contributed by atoms with E-state index in [1.165, 1.54) is 11.1 Å². The second-order valence-electron chi connectivity index (χ2n) is 15.5. The first-order valence-corrected chi connectivity index (χ1v) is 19.9. The summed E-state index contributed by atoms with van der Waals surface area (Å²) in [5.41, 5.74) is 8.32. The van der Waals surface area contributed by atoms with Crippen LogP contribution in [0.15, 0.2) is 113 Å². The fourth-order valence-electron chi connectivity index (χ4n) is 7.89. The molecule has 1 heterocycles. The number of anilines is 1. The average Bonchev–Trinajstić information content (AvgIpc) is 3.52. The van der Waals surface area contributed by atoms with Crippen molar-refractivity contribution in [1.29, 1.82) is 0 Å². The van der Waals surface area contributed by atoms with Gasteiger partial charge in [-0.3, -0.25) is 14.6 Å². The fraction of sp³-hybridized carbons (Fsp3) is 0.333. The van der Waals surface area contributed by atoms with Crippen LogP contribution in [0.4, 0.5) is 10.5 Å². The number of aliphatic imine (C=N–C) groups is 1. The number of para-hydroxylation sites is 1. The van der Waals surface area contributed by atoms with Crippen LogP contribution in [-0.2, 0) is 30.3 Å². The molecule has 3 aliphatic rings. The lowest BCUT2D eigenvalue weighted by molar-refractivity contribution is -0.119. The van der Waals surface area contributed by atoms with Gasteiger partial charge in [0.1, 0.15) is 12.4 Å². The van der Waals surface area contributed by atoms with Gasteiger partial charge in [0.15, 0.2) is 5.78 Å². The zero-order valence-corrected chi connectivity index (χ0v) is 33.1. The first-order valence-electron chi connectivity index (χ1n) is 19.9. The smallest absolute Gasteiger partial charge is 0.407 e. The van der Waals surface area contributed by atoms with Gasteiger partial charge in [0, 0.05) is 55.8 Å². The van der Waals surface area contributed by atoms with Gasteiger partial charge in [-0.2, -0.15) is 0 Å². The molecule has 0 spiro atoms. The van der Waals surface area contributed by atoms with Crippen molar-refractivity contribution in [3.63, 3.8) is 0 Å². The summed E-state index contributed by atoms with van der Waals surface area (Å²) >= 11 is 0. The summed E-state index contributed by atoms with van der Waals surface area (Å²) in [6.07, 6.45) is 0.516. The Kier molecular flexibility index (Phi) is 12.8. The zero-order chi connectivity index (χ0) is 40.5. The summed E-state index contributed by atoms with van der Waals surface area (Å²) in [4.78, 5) is 46.2. The molecule has 0 saturated carbocycles. The van der Waals surface area contributed by atoms with Crippen molar-refractivity contribution >= 4 is 29.2 Å². The van der Waals surface area contributed by atoms with Crippen molar-refractivity contribution in [3.8, 4) is 23.0 Å². The lowest BCUT2D eigenvalue weighted by Gasteiger charge is -2.30. The highest BCUT2D eigenvalue weighted by Crippen LogP contribution is 2.44. The van der Waals surface area contributed by atoms with Crippen LogP contribution in [0.2, 0.25) is 0 Å². The largest absolute Gasteiger partial charge is 0.511 e. The Balaban J connectivity index is 0.878. The number of benzene rings is 4. The number of Topliss-reactive ketones (excluding diaryl/α,β-unsaturated/α-hetero) is 1. The number of fused-ring (bicyclic) bond motifs is 5. The number of amides is 2. The van der Waals surface area contributed by atoms with Crippen LogP contribution < -0.4 is 10.2 Å². The molecule has 0 bridgehead atoms. The highest BCUT2D eigenvalue weighted by atomic mass is 16.6. The fourth-order valence-corrected chi connectivity index (χ4v) is 7.89. The zero-order valence-electron chi connectivity index (χ0n) is 33.1. The van der Waals surface area contributed by atoms with Gasteiger partial charge in [-0.25, -0.2) is 4.79 Å². The lowest BCUT2D eigenvalue weighted by atomic mass is 9.75. The molecule has 10 heteroatoms. The average molecular weight is 780 g/mol. The summed E-state index contributed by atoms with van der Waals surface area (Å²) in [7, 11) is 0. The van der Waals surface area contributed by atoms with Gasteiger partial charge in [0.05, 0.1) is 49.9 Å². The molecule has 0 radical (unpaired) electrons. The molecule has 4 aromatic rings. The third kappa shape index (κ3) is 9.56. The molecular weight excluding hydrogens is 731 g/mol. The molecule has 7 rings (SSSR count). The van der Waals surface area contributed by atoms with Crippen molar-refractivity contribution in [1.82, 2.24) is 5.32 Å². The second kappa shape index (κ2) is 18.5. The number of aliphatic hydroxyl groups excluding tert-OH is 1. The number of ketones is 1. The quantitative estimate of drug-likeness (QED) is 0.0713. The van der Waals surface area contributed by atoms with E-state index in [1.807, 2.05) is 86.6 Å². The van der Waals surface area contributed by atoms with Crippen molar-refractivity contribution in [3.05, 3.63) is 136 Å². The molecule has 0 aromatic heterocycles. The number of nitrogens with zero attached hydrogens (tertiary/aromatic N) is 2. The molecule has 298 valence electrons. The number of carbonyl (C=O) groups excluding carboxylic acids is 3. The Morgan fingerprint density at radius 3 is 2.19 bits per heavy atom. The van der Waals surface area contributed by atoms with Crippen molar-refractivity contribution in [2.75, 3.05) is 51.0 Å². The van der Waals surface area contributed by atoms with E-state index in [0.717, 1.165) is 33.5 Å². The van der Waals surface area contributed by atoms with E-state index in [4.69, 9.17) is 19.2 Å². The molecule has 0 saturated heterocycles. The summed E-state index contributed by atoms with van der Waals surface area (Å²) in [5, 5.41) is 13.8. The van der Waals surface area contributed by atoms with E-state index in [1.54, 1.807) is 4.90 Å². The van der Waals surface area contributed by atoms with Gasteiger partial charge < -0.3 is 29.5 Å². The molecule has 0 unspecified atom stereocenters. The van der Waals surface area contributed by atoms with Crippen molar-refractivity contribution in [2.24, 2.45) is 10.4 Å². The van der Waals surface area contributed by atoms with Crippen LogP contribution in [0, 0.1) is 17.3 Å². The number of hydrogen-bond donors (Lipinski definition) is 2. The summed E-state index contributed by atoms with van der Waals surface area (Å²) in [5.74, 6) is 6.19. The third-order valence-electron chi connectivity index (χ3n) is 10.7. The Bertz CT molecular complexity index is 2250. The molecule has 1 aliphatic heterocycles. The van der Waals surface area contributed by atoms with E-state index >= 15 is 0 Å². The standard InChI is InChI=1S/C48H49N3O7/c1-48(2)29-43(52)46(44(53)30-48)41(49-23-21-45(54)51-31-35-13-4-3-11-33(35)19-20-34-12-5-10-18-42(34)51)22-25-56-27-28-57-26-24-50-47(55)58-32-40-38-16-8-6-14-36(38)37-15-7-9-17-39(37)40/h3-18,40,52H,21-32H2,1-2H3,(H,50,55).